The standard InChI is InChI=1S/C17H28N2O2/c1-5-14(2)19-10-8-18(9-11-19)13-15-12-16(20-3)6-7-17(15)21-4/h6-7,12,14H,5,8-11,13H2,1-4H3/p+2/t14-/m0/s1. The third-order valence-corrected chi connectivity index (χ3v) is 4.84. The number of methoxy groups -OCH3 is 2. The van der Waals surface area contributed by atoms with Crippen molar-refractivity contribution in [2.75, 3.05) is 40.4 Å². The molecule has 0 amide bonds. The number of nitrogens with one attached hydrogen (secondary N) is 2. The fourth-order valence-electron chi connectivity index (χ4n) is 3.17. The van der Waals surface area contributed by atoms with E-state index in [1.165, 1.54) is 38.2 Å². The Kier molecular flexibility index (Phi) is 5.88. The third kappa shape index (κ3) is 4.11. The van der Waals surface area contributed by atoms with E-state index in [0.29, 0.717) is 0 Å². The molecule has 0 unspecified atom stereocenters. The van der Waals surface area contributed by atoms with Crippen LogP contribution < -0.4 is 19.3 Å². The first-order chi connectivity index (χ1) is 10.2. The maximum atomic E-state index is 5.49. The maximum Gasteiger partial charge on any atom is 0.127 e. The largest absolute Gasteiger partial charge is 0.497 e. The van der Waals surface area contributed by atoms with Crippen LogP contribution in [0.15, 0.2) is 18.2 Å². The minimum Gasteiger partial charge on any atom is -0.497 e. The Labute approximate surface area is 128 Å². The quantitative estimate of drug-likeness (QED) is 0.759. The second-order valence-corrected chi connectivity index (χ2v) is 6.07. The van der Waals surface area contributed by atoms with Crippen molar-refractivity contribution in [1.82, 2.24) is 0 Å². The van der Waals surface area contributed by atoms with Crippen molar-refractivity contribution < 1.29 is 19.3 Å². The molecule has 2 N–H and O–H groups in total. The first kappa shape index (κ1) is 16.1. The number of piperazine rings is 1. The van der Waals surface area contributed by atoms with Gasteiger partial charge in [0.05, 0.1) is 25.8 Å². The van der Waals surface area contributed by atoms with E-state index >= 15 is 0 Å². The number of rotatable bonds is 6. The van der Waals surface area contributed by atoms with Gasteiger partial charge >= 0.3 is 0 Å². The highest BCUT2D eigenvalue weighted by atomic mass is 16.5. The molecule has 1 aromatic rings. The first-order valence-corrected chi connectivity index (χ1v) is 8.07. The molecule has 4 nitrogen and oxygen atoms in total. The molecule has 1 atom stereocenters. The molecule has 0 aliphatic carbocycles. The van der Waals surface area contributed by atoms with Gasteiger partial charge in [-0.05, 0) is 31.5 Å². The fourth-order valence-corrected chi connectivity index (χ4v) is 3.17. The highest BCUT2D eigenvalue weighted by Crippen LogP contribution is 2.23. The predicted octanol–water partition coefficient (Wildman–Crippen LogP) is -0.214. The molecule has 1 aromatic carbocycles. The lowest BCUT2D eigenvalue weighted by Gasteiger charge is -2.33. The van der Waals surface area contributed by atoms with E-state index in [4.69, 9.17) is 9.47 Å². The molecule has 1 fully saturated rings. The molecule has 21 heavy (non-hydrogen) atoms. The van der Waals surface area contributed by atoms with Crippen LogP contribution in [0.3, 0.4) is 0 Å². The van der Waals surface area contributed by atoms with Gasteiger partial charge < -0.3 is 19.3 Å². The molecule has 118 valence electrons. The third-order valence-electron chi connectivity index (χ3n) is 4.84. The highest BCUT2D eigenvalue weighted by molar-refractivity contribution is 5.39. The number of hydrogen-bond donors (Lipinski definition) is 2. The highest BCUT2D eigenvalue weighted by Gasteiger charge is 2.26. The molecular weight excluding hydrogens is 264 g/mol. The van der Waals surface area contributed by atoms with E-state index in [1.807, 2.05) is 12.1 Å². The summed E-state index contributed by atoms with van der Waals surface area (Å²) >= 11 is 0. The number of quaternary nitrogens is 2. The summed E-state index contributed by atoms with van der Waals surface area (Å²) < 4.78 is 10.8. The number of benzene rings is 1. The minimum absolute atomic E-state index is 0.790. The van der Waals surface area contributed by atoms with Crippen molar-refractivity contribution >= 4 is 0 Å². The number of hydrogen-bond acceptors (Lipinski definition) is 2. The Morgan fingerprint density at radius 3 is 2.38 bits per heavy atom. The second-order valence-electron chi connectivity index (χ2n) is 6.07. The van der Waals surface area contributed by atoms with E-state index in [9.17, 15) is 0 Å². The molecule has 1 saturated heterocycles. The van der Waals surface area contributed by atoms with Crippen LogP contribution >= 0.6 is 0 Å². The normalized spacial score (nSPS) is 23.6. The van der Waals surface area contributed by atoms with Crippen LogP contribution in [0.25, 0.3) is 0 Å². The smallest absolute Gasteiger partial charge is 0.127 e. The van der Waals surface area contributed by atoms with Gasteiger partial charge in [0.2, 0.25) is 0 Å². The van der Waals surface area contributed by atoms with Crippen LogP contribution in [0.1, 0.15) is 25.8 Å². The molecule has 1 heterocycles. The van der Waals surface area contributed by atoms with Crippen LogP contribution in [-0.4, -0.2) is 46.4 Å². The summed E-state index contributed by atoms with van der Waals surface area (Å²) in [7, 11) is 3.46. The number of ether oxygens (including phenoxy) is 2. The van der Waals surface area contributed by atoms with Gasteiger partial charge in [-0.1, -0.05) is 6.92 Å². The van der Waals surface area contributed by atoms with Crippen LogP contribution in [0, 0.1) is 0 Å². The van der Waals surface area contributed by atoms with Gasteiger partial charge in [0.25, 0.3) is 0 Å². The molecule has 2 rings (SSSR count). The van der Waals surface area contributed by atoms with Crippen LogP contribution in [-0.2, 0) is 6.54 Å². The monoisotopic (exact) mass is 294 g/mol. The SMILES string of the molecule is CC[C@H](C)[NH+]1CC[NH+](Cc2cc(OC)ccc2OC)CC1. The summed E-state index contributed by atoms with van der Waals surface area (Å²) in [6, 6.07) is 6.87. The van der Waals surface area contributed by atoms with E-state index in [2.05, 4.69) is 19.9 Å². The average Bonchev–Trinajstić information content (AvgIpc) is 2.54. The lowest BCUT2D eigenvalue weighted by Crippen LogP contribution is -3.29. The van der Waals surface area contributed by atoms with Gasteiger partial charge in [0.1, 0.15) is 44.2 Å². The van der Waals surface area contributed by atoms with Gasteiger partial charge in [0.15, 0.2) is 0 Å². The van der Waals surface area contributed by atoms with Crippen molar-refractivity contribution in [1.29, 1.82) is 0 Å². The van der Waals surface area contributed by atoms with Crippen molar-refractivity contribution in [3.05, 3.63) is 23.8 Å². The Bertz CT molecular complexity index is 442. The zero-order valence-electron chi connectivity index (χ0n) is 13.9. The van der Waals surface area contributed by atoms with E-state index in [-0.39, 0.29) is 0 Å². The summed E-state index contributed by atoms with van der Waals surface area (Å²) in [4.78, 5) is 3.41. The Morgan fingerprint density at radius 1 is 1.10 bits per heavy atom. The van der Waals surface area contributed by atoms with Crippen molar-refractivity contribution in [2.24, 2.45) is 0 Å². The van der Waals surface area contributed by atoms with Crippen LogP contribution in [0.5, 0.6) is 11.5 Å². The molecular formula is C17H30N2O2+2. The topological polar surface area (TPSA) is 27.3 Å². The Hall–Kier alpha value is -1.26. The van der Waals surface area contributed by atoms with Gasteiger partial charge in [-0.3, -0.25) is 0 Å². The van der Waals surface area contributed by atoms with Crippen LogP contribution in [0.4, 0.5) is 0 Å². The Morgan fingerprint density at radius 2 is 1.81 bits per heavy atom. The lowest BCUT2D eigenvalue weighted by atomic mass is 10.1. The van der Waals surface area contributed by atoms with E-state index in [0.717, 1.165) is 24.1 Å². The van der Waals surface area contributed by atoms with Crippen molar-refractivity contribution in [3.63, 3.8) is 0 Å². The Balaban J connectivity index is 1.97. The average molecular weight is 294 g/mol. The summed E-state index contributed by atoms with van der Waals surface area (Å²) in [5.41, 5.74) is 1.25. The first-order valence-electron chi connectivity index (χ1n) is 8.07. The zero-order chi connectivity index (χ0) is 15.2. The summed E-state index contributed by atoms with van der Waals surface area (Å²) in [6.45, 7) is 10.7. The molecule has 0 bridgehead atoms. The molecule has 0 saturated carbocycles. The van der Waals surface area contributed by atoms with Gasteiger partial charge in [-0.15, -0.1) is 0 Å². The lowest BCUT2D eigenvalue weighted by molar-refractivity contribution is -1.03. The van der Waals surface area contributed by atoms with E-state index < -0.39 is 0 Å². The molecule has 0 radical (unpaired) electrons. The molecule has 1 aliphatic heterocycles. The van der Waals surface area contributed by atoms with Gasteiger partial charge in [-0.25, -0.2) is 0 Å². The summed E-state index contributed by atoms with van der Waals surface area (Å²) in [5, 5.41) is 0. The van der Waals surface area contributed by atoms with Gasteiger partial charge in [-0.2, -0.15) is 0 Å². The minimum atomic E-state index is 0.790. The molecule has 4 heteroatoms. The predicted molar refractivity (Wildman–Crippen MR) is 84.4 cm³/mol. The van der Waals surface area contributed by atoms with Crippen LogP contribution in [0.2, 0.25) is 0 Å². The van der Waals surface area contributed by atoms with E-state index in [1.54, 1.807) is 24.0 Å². The maximum absolute atomic E-state index is 5.49. The summed E-state index contributed by atoms with van der Waals surface area (Å²) in [5.74, 6) is 1.88. The molecule has 1 aliphatic rings. The molecule has 0 spiro atoms. The van der Waals surface area contributed by atoms with Crippen molar-refractivity contribution in [3.8, 4) is 11.5 Å². The fraction of sp³-hybridized carbons (Fsp3) is 0.647. The second kappa shape index (κ2) is 7.66. The summed E-state index contributed by atoms with van der Waals surface area (Å²) in [6.07, 6.45) is 1.27. The van der Waals surface area contributed by atoms with Crippen molar-refractivity contribution in [2.45, 2.75) is 32.9 Å². The zero-order valence-corrected chi connectivity index (χ0v) is 13.9. The van der Waals surface area contributed by atoms with Gasteiger partial charge in [0, 0.05) is 0 Å². The molecule has 0 aromatic heterocycles.